The number of H-pyrrole nitrogens is 1. The van der Waals surface area contributed by atoms with Crippen LogP contribution < -0.4 is 24.3 Å². The highest BCUT2D eigenvalue weighted by Gasteiger charge is 2.20. The predicted molar refractivity (Wildman–Crippen MR) is 107 cm³/mol. The Morgan fingerprint density at radius 3 is 2.36 bits per heavy atom. The molecule has 3 rings (SSSR count). The summed E-state index contributed by atoms with van der Waals surface area (Å²) >= 11 is 0. The molecule has 0 saturated carbocycles. The molecular weight excluding hydrogens is 360 g/mol. The number of ether oxygens (including phenoxy) is 4. The summed E-state index contributed by atoms with van der Waals surface area (Å²) in [6.45, 7) is 0.822. The Balaban J connectivity index is 1.96. The third-order valence-electron chi connectivity index (χ3n) is 4.50. The highest BCUT2D eigenvalue weighted by Crippen LogP contribution is 2.38. The van der Waals surface area contributed by atoms with Crippen LogP contribution in [0.1, 0.15) is 15.9 Å². The van der Waals surface area contributed by atoms with Gasteiger partial charge in [0.25, 0.3) is 0 Å². The van der Waals surface area contributed by atoms with E-state index in [9.17, 15) is 4.79 Å². The van der Waals surface area contributed by atoms with Crippen molar-refractivity contribution in [3.05, 3.63) is 47.7 Å². The van der Waals surface area contributed by atoms with E-state index >= 15 is 0 Å². The van der Waals surface area contributed by atoms with Crippen molar-refractivity contribution >= 4 is 16.9 Å². The summed E-state index contributed by atoms with van der Waals surface area (Å²) in [7, 11) is 6.42. The minimum absolute atomic E-state index is 0.304. The number of rotatable bonds is 8. The van der Waals surface area contributed by atoms with Gasteiger partial charge in [-0.3, -0.25) is 0 Å². The molecule has 0 radical (unpaired) electrons. The Morgan fingerprint density at radius 2 is 1.75 bits per heavy atom. The lowest BCUT2D eigenvalue weighted by atomic mass is 10.1. The van der Waals surface area contributed by atoms with Crippen LogP contribution in [-0.4, -0.2) is 45.9 Å². The zero-order valence-electron chi connectivity index (χ0n) is 16.4. The van der Waals surface area contributed by atoms with Gasteiger partial charge in [-0.05, 0) is 49.8 Å². The lowest BCUT2D eigenvalue weighted by molar-refractivity contribution is 0.0736. The second-order valence-corrected chi connectivity index (χ2v) is 6.15. The molecule has 1 heterocycles. The number of carbonyl (C=O) groups excluding carboxylic acids is 1. The van der Waals surface area contributed by atoms with Gasteiger partial charge in [0.2, 0.25) is 5.75 Å². The zero-order chi connectivity index (χ0) is 20.1. The quantitative estimate of drug-likeness (QED) is 0.459. The van der Waals surface area contributed by atoms with Gasteiger partial charge in [-0.25, -0.2) is 4.79 Å². The van der Waals surface area contributed by atoms with Crippen LogP contribution in [0.2, 0.25) is 0 Å². The van der Waals surface area contributed by atoms with Crippen LogP contribution in [-0.2, 0) is 6.42 Å². The van der Waals surface area contributed by atoms with Gasteiger partial charge in [0.05, 0.1) is 26.9 Å². The number of aromatic amines is 1. The summed E-state index contributed by atoms with van der Waals surface area (Å²) in [5.74, 6) is 1.20. The highest BCUT2D eigenvalue weighted by atomic mass is 16.5. The normalized spacial score (nSPS) is 10.7. The number of benzene rings is 2. The maximum atomic E-state index is 12.8. The summed E-state index contributed by atoms with van der Waals surface area (Å²) in [6, 6.07) is 8.73. The molecule has 0 atom stereocenters. The van der Waals surface area contributed by atoms with Crippen molar-refractivity contribution in [3.63, 3.8) is 0 Å². The van der Waals surface area contributed by atoms with E-state index in [1.165, 1.54) is 21.3 Å². The number of esters is 1. The second-order valence-electron chi connectivity index (χ2n) is 6.15. The van der Waals surface area contributed by atoms with Crippen molar-refractivity contribution in [1.82, 2.24) is 10.3 Å². The lowest BCUT2D eigenvalue weighted by Crippen LogP contribution is -2.11. The van der Waals surface area contributed by atoms with E-state index in [0.29, 0.717) is 28.6 Å². The van der Waals surface area contributed by atoms with E-state index in [-0.39, 0.29) is 0 Å². The van der Waals surface area contributed by atoms with Crippen molar-refractivity contribution < 1.29 is 23.7 Å². The monoisotopic (exact) mass is 384 g/mol. The summed E-state index contributed by atoms with van der Waals surface area (Å²) in [6.07, 6.45) is 2.76. The van der Waals surface area contributed by atoms with Gasteiger partial charge in [0.15, 0.2) is 11.5 Å². The molecule has 0 spiro atoms. The smallest absolute Gasteiger partial charge is 0.343 e. The number of aromatic nitrogens is 1. The van der Waals surface area contributed by atoms with Crippen LogP contribution in [0.4, 0.5) is 0 Å². The fraction of sp³-hybridized carbons (Fsp3) is 0.286. The van der Waals surface area contributed by atoms with Crippen molar-refractivity contribution in [2.75, 3.05) is 34.9 Å². The molecular formula is C21H24N2O5. The average molecular weight is 384 g/mol. The predicted octanol–water partition coefficient (Wildman–Crippen LogP) is 3.17. The minimum atomic E-state index is -0.507. The fourth-order valence-electron chi connectivity index (χ4n) is 3.12. The molecule has 0 amide bonds. The Morgan fingerprint density at radius 1 is 1.04 bits per heavy atom. The Bertz CT molecular complexity index is 955. The van der Waals surface area contributed by atoms with E-state index in [0.717, 1.165) is 29.4 Å². The van der Waals surface area contributed by atoms with Gasteiger partial charge in [0, 0.05) is 17.1 Å². The number of carbonyl (C=O) groups is 1. The van der Waals surface area contributed by atoms with Crippen molar-refractivity contribution in [2.24, 2.45) is 0 Å². The maximum Gasteiger partial charge on any atom is 0.343 e. The summed E-state index contributed by atoms with van der Waals surface area (Å²) in [4.78, 5) is 16.1. The van der Waals surface area contributed by atoms with Crippen molar-refractivity contribution in [2.45, 2.75) is 6.42 Å². The Labute approximate surface area is 163 Å². The molecule has 28 heavy (non-hydrogen) atoms. The first kappa shape index (κ1) is 19.6. The molecule has 2 aromatic carbocycles. The average Bonchev–Trinajstić information content (AvgIpc) is 3.15. The molecule has 1 aromatic heterocycles. The number of methoxy groups -OCH3 is 3. The topological polar surface area (TPSA) is 81.8 Å². The van der Waals surface area contributed by atoms with Gasteiger partial charge in [-0.1, -0.05) is 6.07 Å². The van der Waals surface area contributed by atoms with Crippen LogP contribution in [0, 0.1) is 0 Å². The van der Waals surface area contributed by atoms with Crippen LogP contribution in [0.5, 0.6) is 23.0 Å². The zero-order valence-corrected chi connectivity index (χ0v) is 16.4. The molecule has 0 bridgehead atoms. The molecule has 0 aliphatic rings. The third kappa shape index (κ3) is 3.75. The second kappa shape index (κ2) is 8.67. The van der Waals surface area contributed by atoms with Gasteiger partial charge in [-0.15, -0.1) is 0 Å². The number of nitrogens with one attached hydrogen (secondary N) is 2. The molecule has 0 aliphatic heterocycles. The van der Waals surface area contributed by atoms with E-state index in [1.54, 1.807) is 18.2 Å². The molecule has 148 valence electrons. The first-order valence-electron chi connectivity index (χ1n) is 8.88. The van der Waals surface area contributed by atoms with Gasteiger partial charge in [0.1, 0.15) is 5.75 Å². The molecule has 7 nitrogen and oxygen atoms in total. The standard InChI is InChI=1S/C21H24N2O5/c1-22-9-8-13-12-23-15-6-5-7-16(19(13)15)28-21(24)14-10-17(25-2)20(27-4)18(11-14)26-3/h5-7,10-12,22-23H,8-9H2,1-4H3. The minimum Gasteiger partial charge on any atom is -0.493 e. The van der Waals surface area contributed by atoms with Gasteiger partial charge >= 0.3 is 5.97 Å². The largest absolute Gasteiger partial charge is 0.493 e. The maximum absolute atomic E-state index is 12.8. The molecule has 3 aromatic rings. The van der Waals surface area contributed by atoms with Crippen LogP contribution in [0.3, 0.4) is 0 Å². The summed E-state index contributed by atoms with van der Waals surface area (Å²) in [5.41, 5.74) is 2.30. The van der Waals surface area contributed by atoms with E-state index in [4.69, 9.17) is 18.9 Å². The third-order valence-corrected chi connectivity index (χ3v) is 4.50. The van der Waals surface area contributed by atoms with Gasteiger partial charge in [-0.2, -0.15) is 0 Å². The molecule has 0 aliphatic carbocycles. The Kier molecular flexibility index (Phi) is 6.06. The molecule has 0 saturated heterocycles. The fourth-order valence-corrected chi connectivity index (χ4v) is 3.12. The van der Waals surface area contributed by atoms with Gasteiger partial charge < -0.3 is 29.2 Å². The van der Waals surface area contributed by atoms with E-state index in [2.05, 4.69) is 10.3 Å². The molecule has 7 heteroatoms. The van der Waals surface area contributed by atoms with Crippen molar-refractivity contribution in [1.29, 1.82) is 0 Å². The van der Waals surface area contributed by atoms with Crippen molar-refractivity contribution in [3.8, 4) is 23.0 Å². The number of likely N-dealkylation sites (N-methyl/N-ethyl adjacent to an activating group) is 1. The Hall–Kier alpha value is -3.19. The molecule has 0 fully saturated rings. The first-order valence-corrected chi connectivity index (χ1v) is 8.88. The number of hydrogen-bond donors (Lipinski definition) is 2. The summed E-state index contributed by atoms with van der Waals surface area (Å²) in [5, 5.41) is 4.03. The van der Waals surface area contributed by atoms with Crippen LogP contribution in [0.15, 0.2) is 36.5 Å². The highest BCUT2D eigenvalue weighted by molar-refractivity contribution is 5.97. The lowest BCUT2D eigenvalue weighted by Gasteiger charge is -2.14. The summed E-state index contributed by atoms with van der Waals surface area (Å²) < 4.78 is 21.7. The van der Waals surface area contributed by atoms with E-state index in [1.807, 2.05) is 25.4 Å². The van der Waals surface area contributed by atoms with Crippen LogP contribution in [0.25, 0.3) is 10.9 Å². The van der Waals surface area contributed by atoms with E-state index < -0.39 is 5.97 Å². The van der Waals surface area contributed by atoms with Crippen LogP contribution >= 0.6 is 0 Å². The molecule has 0 unspecified atom stereocenters. The SMILES string of the molecule is CNCCc1c[nH]c2cccc(OC(=O)c3cc(OC)c(OC)c(OC)c3)c12. The first-order chi connectivity index (χ1) is 13.6. The number of hydrogen-bond acceptors (Lipinski definition) is 6. The molecule has 2 N–H and O–H groups in total. The number of fused-ring (bicyclic) bond motifs is 1.